The Morgan fingerprint density at radius 1 is 1.24 bits per heavy atom. The van der Waals surface area contributed by atoms with Gasteiger partial charge in [0, 0.05) is 11.5 Å². The summed E-state index contributed by atoms with van der Waals surface area (Å²) in [7, 11) is 0. The van der Waals surface area contributed by atoms with Gasteiger partial charge in [0.05, 0.1) is 0 Å². The second-order valence-corrected chi connectivity index (χ2v) is 7.78. The van der Waals surface area contributed by atoms with Crippen LogP contribution in [0.15, 0.2) is 24.3 Å². The summed E-state index contributed by atoms with van der Waals surface area (Å²) in [5.74, 6) is -0.0716. The first kappa shape index (κ1) is 17.5. The molecule has 2 N–H and O–H groups in total. The van der Waals surface area contributed by atoms with Gasteiger partial charge in [-0.3, -0.25) is 14.9 Å². The number of nitrogens with one attached hydrogen (secondary N) is 2. The standard InChI is InChI=1S/C18H22N4O2S/c1-10(2)14(19-15(23)13-6-4-5-11(3)9-13)16(24)20-18-22-21-17(25-18)12-7-8-12/h4-6,9-10,12,14H,7-8H2,1-3H3,(H,19,23)(H,20,22,24)/t14-/m1/s1. The molecule has 0 bridgehead atoms. The maximum atomic E-state index is 12.6. The van der Waals surface area contributed by atoms with E-state index in [2.05, 4.69) is 20.8 Å². The van der Waals surface area contributed by atoms with Crippen LogP contribution in [0.3, 0.4) is 0 Å². The van der Waals surface area contributed by atoms with Gasteiger partial charge in [-0.25, -0.2) is 0 Å². The number of hydrogen-bond acceptors (Lipinski definition) is 5. The fourth-order valence-electron chi connectivity index (χ4n) is 2.51. The lowest BCUT2D eigenvalue weighted by atomic mass is 10.0. The average Bonchev–Trinajstić information content (AvgIpc) is 3.32. The highest BCUT2D eigenvalue weighted by Gasteiger charge is 2.29. The Kier molecular flexibility index (Phi) is 5.13. The Hall–Kier alpha value is -2.28. The minimum absolute atomic E-state index is 0.0513. The van der Waals surface area contributed by atoms with E-state index < -0.39 is 6.04 Å². The Morgan fingerprint density at radius 3 is 2.64 bits per heavy atom. The van der Waals surface area contributed by atoms with E-state index in [9.17, 15) is 9.59 Å². The fraction of sp³-hybridized carbons (Fsp3) is 0.444. The predicted octanol–water partition coefficient (Wildman–Crippen LogP) is 3.12. The molecule has 1 aromatic carbocycles. The van der Waals surface area contributed by atoms with E-state index in [1.165, 1.54) is 11.3 Å². The van der Waals surface area contributed by atoms with Crippen LogP contribution >= 0.6 is 11.3 Å². The molecule has 132 valence electrons. The van der Waals surface area contributed by atoms with Crippen LogP contribution in [0.2, 0.25) is 0 Å². The Labute approximate surface area is 151 Å². The number of amides is 2. The quantitative estimate of drug-likeness (QED) is 0.831. The van der Waals surface area contributed by atoms with Gasteiger partial charge in [-0.05, 0) is 37.8 Å². The van der Waals surface area contributed by atoms with Gasteiger partial charge in [0.2, 0.25) is 11.0 Å². The van der Waals surface area contributed by atoms with Gasteiger partial charge >= 0.3 is 0 Å². The predicted molar refractivity (Wildman–Crippen MR) is 97.8 cm³/mol. The third kappa shape index (κ3) is 4.42. The van der Waals surface area contributed by atoms with Crippen molar-refractivity contribution in [2.75, 3.05) is 5.32 Å². The molecule has 0 radical (unpaired) electrons. The lowest BCUT2D eigenvalue weighted by Crippen LogP contribution is -2.47. The zero-order chi connectivity index (χ0) is 18.0. The molecule has 1 atom stereocenters. The van der Waals surface area contributed by atoms with Gasteiger partial charge in [0.15, 0.2) is 0 Å². The molecule has 6 nitrogen and oxygen atoms in total. The second-order valence-electron chi connectivity index (χ2n) is 6.77. The van der Waals surface area contributed by atoms with Crippen LogP contribution in [0.1, 0.15) is 53.5 Å². The minimum atomic E-state index is -0.638. The number of aromatic nitrogens is 2. The van der Waals surface area contributed by atoms with Crippen LogP contribution in [0.25, 0.3) is 0 Å². The highest BCUT2D eigenvalue weighted by molar-refractivity contribution is 7.15. The molecule has 25 heavy (non-hydrogen) atoms. The number of anilines is 1. The summed E-state index contributed by atoms with van der Waals surface area (Å²) >= 11 is 1.41. The monoisotopic (exact) mass is 358 g/mol. The molecule has 0 spiro atoms. The second kappa shape index (κ2) is 7.31. The summed E-state index contributed by atoms with van der Waals surface area (Å²) in [5.41, 5.74) is 1.55. The van der Waals surface area contributed by atoms with E-state index in [0.717, 1.165) is 23.4 Å². The topological polar surface area (TPSA) is 84.0 Å². The molecule has 2 amide bonds. The first-order valence-corrected chi connectivity index (χ1v) is 9.27. The van der Waals surface area contributed by atoms with Gasteiger partial charge in [-0.1, -0.05) is 42.9 Å². The maximum absolute atomic E-state index is 12.6. The van der Waals surface area contributed by atoms with Gasteiger partial charge in [0.1, 0.15) is 11.0 Å². The Bertz CT molecular complexity index is 783. The van der Waals surface area contributed by atoms with E-state index in [1.54, 1.807) is 12.1 Å². The molecule has 0 aliphatic heterocycles. The van der Waals surface area contributed by atoms with Crippen molar-refractivity contribution in [1.82, 2.24) is 15.5 Å². The molecule has 1 aliphatic rings. The van der Waals surface area contributed by atoms with Gasteiger partial charge in [-0.15, -0.1) is 10.2 Å². The van der Waals surface area contributed by atoms with Gasteiger partial charge in [-0.2, -0.15) is 0 Å². The fourth-order valence-corrected chi connectivity index (χ4v) is 3.42. The number of benzene rings is 1. The van der Waals surface area contributed by atoms with Crippen molar-refractivity contribution in [1.29, 1.82) is 0 Å². The van der Waals surface area contributed by atoms with E-state index >= 15 is 0 Å². The van der Waals surface area contributed by atoms with Crippen LogP contribution in [0.4, 0.5) is 5.13 Å². The van der Waals surface area contributed by atoms with Crippen molar-refractivity contribution in [3.8, 4) is 0 Å². The number of carbonyl (C=O) groups is 2. The first-order chi connectivity index (χ1) is 11.9. The van der Waals surface area contributed by atoms with Crippen molar-refractivity contribution >= 4 is 28.3 Å². The molecule has 1 fully saturated rings. The summed E-state index contributed by atoms with van der Waals surface area (Å²) in [6.45, 7) is 5.73. The molecule has 0 saturated heterocycles. The highest BCUT2D eigenvalue weighted by Crippen LogP contribution is 2.42. The molecular weight excluding hydrogens is 336 g/mol. The molecule has 1 heterocycles. The lowest BCUT2D eigenvalue weighted by Gasteiger charge is -2.21. The Balaban J connectivity index is 1.66. The zero-order valence-corrected chi connectivity index (χ0v) is 15.4. The van der Waals surface area contributed by atoms with E-state index in [4.69, 9.17) is 0 Å². The van der Waals surface area contributed by atoms with Crippen molar-refractivity contribution < 1.29 is 9.59 Å². The third-order valence-corrected chi connectivity index (χ3v) is 5.11. The van der Waals surface area contributed by atoms with Crippen molar-refractivity contribution in [2.45, 2.75) is 45.6 Å². The lowest BCUT2D eigenvalue weighted by molar-refractivity contribution is -0.118. The van der Waals surface area contributed by atoms with Crippen LogP contribution < -0.4 is 10.6 Å². The zero-order valence-electron chi connectivity index (χ0n) is 14.6. The SMILES string of the molecule is Cc1cccc(C(=O)N[C@@H](C(=O)Nc2nnc(C3CC3)s2)C(C)C)c1. The smallest absolute Gasteiger partial charge is 0.251 e. The average molecular weight is 358 g/mol. The van der Waals surface area contributed by atoms with Crippen molar-refractivity contribution in [3.63, 3.8) is 0 Å². The summed E-state index contributed by atoms with van der Waals surface area (Å²) in [4.78, 5) is 25.0. The van der Waals surface area contributed by atoms with Gasteiger partial charge < -0.3 is 5.32 Å². The number of rotatable bonds is 6. The number of carbonyl (C=O) groups excluding carboxylic acids is 2. The molecule has 1 aliphatic carbocycles. The summed E-state index contributed by atoms with van der Waals surface area (Å²) in [6, 6.07) is 6.66. The van der Waals surface area contributed by atoms with Crippen LogP contribution in [-0.4, -0.2) is 28.1 Å². The summed E-state index contributed by atoms with van der Waals surface area (Å²) < 4.78 is 0. The van der Waals surface area contributed by atoms with Gasteiger partial charge in [0.25, 0.3) is 5.91 Å². The molecule has 1 saturated carbocycles. The molecule has 7 heteroatoms. The molecular formula is C18H22N4O2S. The maximum Gasteiger partial charge on any atom is 0.251 e. The number of aryl methyl sites for hydroxylation is 1. The molecule has 1 aromatic heterocycles. The molecule has 3 rings (SSSR count). The highest BCUT2D eigenvalue weighted by atomic mass is 32.1. The number of hydrogen-bond donors (Lipinski definition) is 2. The Morgan fingerprint density at radius 2 is 2.00 bits per heavy atom. The number of nitrogens with zero attached hydrogens (tertiary/aromatic N) is 2. The van der Waals surface area contributed by atoms with E-state index in [0.29, 0.717) is 16.6 Å². The molecule has 2 aromatic rings. The van der Waals surface area contributed by atoms with Crippen molar-refractivity contribution in [3.05, 3.63) is 40.4 Å². The van der Waals surface area contributed by atoms with Crippen molar-refractivity contribution in [2.24, 2.45) is 5.92 Å². The first-order valence-electron chi connectivity index (χ1n) is 8.46. The van der Waals surface area contributed by atoms with E-state index in [1.807, 2.05) is 32.9 Å². The minimum Gasteiger partial charge on any atom is -0.340 e. The largest absolute Gasteiger partial charge is 0.340 e. The summed E-state index contributed by atoms with van der Waals surface area (Å²) in [6.07, 6.45) is 2.29. The normalized spacial score (nSPS) is 15.0. The van der Waals surface area contributed by atoms with Crippen LogP contribution in [-0.2, 0) is 4.79 Å². The van der Waals surface area contributed by atoms with Crippen LogP contribution in [0, 0.1) is 12.8 Å². The molecule has 0 unspecified atom stereocenters. The van der Waals surface area contributed by atoms with Crippen LogP contribution in [0.5, 0.6) is 0 Å². The summed E-state index contributed by atoms with van der Waals surface area (Å²) in [5, 5.41) is 15.2. The third-order valence-electron chi connectivity index (χ3n) is 4.11. The van der Waals surface area contributed by atoms with E-state index in [-0.39, 0.29) is 17.7 Å².